The molecule has 19 heavy (non-hydrogen) atoms. The van der Waals surface area contributed by atoms with E-state index in [-0.39, 0.29) is 11.3 Å². The van der Waals surface area contributed by atoms with Crippen molar-refractivity contribution in [1.82, 2.24) is 10.6 Å². The van der Waals surface area contributed by atoms with Crippen LogP contribution in [0.25, 0.3) is 0 Å². The average Bonchev–Trinajstić information content (AvgIpc) is 2.83. The fourth-order valence-electron chi connectivity index (χ4n) is 2.29. The minimum atomic E-state index is -0.0149. The molecule has 1 amide bonds. The van der Waals surface area contributed by atoms with Crippen LogP contribution in [0.4, 0.5) is 0 Å². The van der Waals surface area contributed by atoms with Crippen LogP contribution in [0.2, 0.25) is 0 Å². The molecule has 0 saturated carbocycles. The van der Waals surface area contributed by atoms with E-state index >= 15 is 0 Å². The van der Waals surface area contributed by atoms with Gasteiger partial charge in [-0.2, -0.15) is 0 Å². The Bertz CT molecular complexity index is 469. The van der Waals surface area contributed by atoms with Crippen molar-refractivity contribution >= 4 is 5.91 Å². The van der Waals surface area contributed by atoms with Gasteiger partial charge >= 0.3 is 0 Å². The summed E-state index contributed by atoms with van der Waals surface area (Å²) in [4.78, 5) is 12.1. The molecule has 1 aliphatic rings. The van der Waals surface area contributed by atoms with E-state index in [1.165, 1.54) is 0 Å². The van der Waals surface area contributed by atoms with Crippen molar-refractivity contribution in [3.63, 3.8) is 0 Å². The second-order valence-corrected chi connectivity index (χ2v) is 5.80. The van der Waals surface area contributed by atoms with Crippen molar-refractivity contribution < 1.29 is 9.53 Å². The lowest BCUT2D eigenvalue weighted by molar-refractivity contribution is 0.0936. The van der Waals surface area contributed by atoms with Crippen LogP contribution in [0.3, 0.4) is 0 Å². The van der Waals surface area contributed by atoms with E-state index in [9.17, 15) is 4.79 Å². The summed E-state index contributed by atoms with van der Waals surface area (Å²) < 4.78 is 5.44. The van der Waals surface area contributed by atoms with E-state index < -0.39 is 0 Å². The SMILES string of the molecule is CNCC(C)(C)CNC(=O)c1ccc2c(c1)CCO2. The van der Waals surface area contributed by atoms with Gasteiger partial charge in [0.1, 0.15) is 5.75 Å². The van der Waals surface area contributed by atoms with E-state index in [0.29, 0.717) is 12.1 Å². The smallest absolute Gasteiger partial charge is 0.251 e. The van der Waals surface area contributed by atoms with Gasteiger partial charge in [-0.1, -0.05) is 13.8 Å². The van der Waals surface area contributed by atoms with Crippen molar-refractivity contribution in [2.45, 2.75) is 20.3 Å². The zero-order valence-electron chi connectivity index (χ0n) is 11.9. The van der Waals surface area contributed by atoms with E-state index in [2.05, 4.69) is 24.5 Å². The largest absolute Gasteiger partial charge is 0.493 e. The topological polar surface area (TPSA) is 50.4 Å². The highest BCUT2D eigenvalue weighted by atomic mass is 16.5. The molecule has 2 rings (SSSR count). The predicted molar refractivity (Wildman–Crippen MR) is 75.7 cm³/mol. The van der Waals surface area contributed by atoms with Gasteiger partial charge in [0.25, 0.3) is 5.91 Å². The van der Waals surface area contributed by atoms with E-state index in [0.717, 1.165) is 30.9 Å². The molecule has 0 unspecified atom stereocenters. The number of fused-ring (bicyclic) bond motifs is 1. The van der Waals surface area contributed by atoms with Gasteiger partial charge in [0.2, 0.25) is 0 Å². The predicted octanol–water partition coefficient (Wildman–Crippen LogP) is 1.60. The van der Waals surface area contributed by atoms with Crippen molar-refractivity contribution in [3.05, 3.63) is 29.3 Å². The Morgan fingerprint density at radius 1 is 1.37 bits per heavy atom. The Morgan fingerprint density at radius 2 is 2.16 bits per heavy atom. The lowest BCUT2D eigenvalue weighted by atomic mass is 9.93. The molecule has 4 heteroatoms. The van der Waals surface area contributed by atoms with Crippen LogP contribution in [0.5, 0.6) is 5.75 Å². The van der Waals surface area contributed by atoms with Gasteiger partial charge in [-0.25, -0.2) is 0 Å². The number of nitrogens with one attached hydrogen (secondary N) is 2. The zero-order valence-corrected chi connectivity index (χ0v) is 11.9. The lowest BCUT2D eigenvalue weighted by Gasteiger charge is -2.24. The molecule has 0 atom stereocenters. The summed E-state index contributed by atoms with van der Waals surface area (Å²) in [5.41, 5.74) is 1.89. The monoisotopic (exact) mass is 262 g/mol. The summed E-state index contributed by atoms with van der Waals surface area (Å²) >= 11 is 0. The molecule has 1 aliphatic heterocycles. The highest BCUT2D eigenvalue weighted by Gasteiger charge is 2.19. The van der Waals surface area contributed by atoms with E-state index in [1.807, 2.05) is 25.2 Å². The minimum Gasteiger partial charge on any atom is -0.493 e. The second-order valence-electron chi connectivity index (χ2n) is 5.80. The molecule has 104 valence electrons. The maximum atomic E-state index is 12.1. The first-order chi connectivity index (χ1) is 9.02. The van der Waals surface area contributed by atoms with Crippen LogP contribution in [0.15, 0.2) is 18.2 Å². The van der Waals surface area contributed by atoms with Crippen molar-refractivity contribution in [2.24, 2.45) is 5.41 Å². The minimum absolute atomic E-state index is 0.0149. The molecule has 1 heterocycles. The van der Waals surface area contributed by atoms with Gasteiger partial charge in [-0.15, -0.1) is 0 Å². The Balaban J connectivity index is 1.97. The molecule has 0 aliphatic carbocycles. The van der Waals surface area contributed by atoms with Gasteiger partial charge < -0.3 is 15.4 Å². The summed E-state index contributed by atoms with van der Waals surface area (Å²) in [6.45, 7) is 6.49. The number of ether oxygens (including phenoxy) is 1. The van der Waals surface area contributed by atoms with Crippen molar-refractivity contribution in [3.8, 4) is 5.75 Å². The van der Waals surface area contributed by atoms with Crippen molar-refractivity contribution in [2.75, 3.05) is 26.7 Å². The molecule has 1 aromatic rings. The third kappa shape index (κ3) is 3.47. The van der Waals surface area contributed by atoms with Crippen LogP contribution < -0.4 is 15.4 Å². The highest BCUT2D eigenvalue weighted by Crippen LogP contribution is 2.25. The standard InChI is InChI=1S/C15H22N2O2/c1-15(2,9-16-3)10-17-14(18)12-4-5-13-11(8-12)6-7-19-13/h4-5,8,16H,6-7,9-10H2,1-3H3,(H,17,18). The first kappa shape index (κ1) is 13.9. The molecule has 4 nitrogen and oxygen atoms in total. The fourth-order valence-corrected chi connectivity index (χ4v) is 2.29. The summed E-state index contributed by atoms with van der Waals surface area (Å²) in [6, 6.07) is 5.64. The van der Waals surface area contributed by atoms with Gasteiger partial charge in [-0.3, -0.25) is 4.79 Å². The molecule has 0 saturated heterocycles. The van der Waals surface area contributed by atoms with Crippen LogP contribution in [-0.4, -0.2) is 32.7 Å². The molecule has 2 N–H and O–H groups in total. The average molecular weight is 262 g/mol. The van der Waals surface area contributed by atoms with Gasteiger partial charge in [-0.05, 0) is 36.2 Å². The molecule has 0 aromatic heterocycles. The van der Waals surface area contributed by atoms with Crippen LogP contribution >= 0.6 is 0 Å². The maximum absolute atomic E-state index is 12.1. The number of rotatable bonds is 5. The summed E-state index contributed by atoms with van der Waals surface area (Å²) in [5, 5.41) is 6.13. The zero-order chi connectivity index (χ0) is 13.9. The number of hydrogen-bond acceptors (Lipinski definition) is 3. The van der Waals surface area contributed by atoms with Crippen LogP contribution in [0, 0.1) is 5.41 Å². The Morgan fingerprint density at radius 3 is 2.89 bits per heavy atom. The number of amides is 1. The summed E-state index contributed by atoms with van der Waals surface area (Å²) in [6.07, 6.45) is 0.891. The molecule has 0 fully saturated rings. The van der Waals surface area contributed by atoms with E-state index in [4.69, 9.17) is 4.74 Å². The number of carbonyl (C=O) groups is 1. The summed E-state index contributed by atoms with van der Waals surface area (Å²) in [7, 11) is 1.92. The first-order valence-corrected chi connectivity index (χ1v) is 6.70. The Kier molecular flexibility index (Phi) is 4.10. The Hall–Kier alpha value is -1.55. The molecular weight excluding hydrogens is 240 g/mol. The molecular formula is C15H22N2O2. The number of carbonyl (C=O) groups excluding carboxylic acids is 1. The maximum Gasteiger partial charge on any atom is 0.251 e. The molecule has 0 radical (unpaired) electrons. The van der Waals surface area contributed by atoms with E-state index in [1.54, 1.807) is 0 Å². The van der Waals surface area contributed by atoms with Crippen LogP contribution in [-0.2, 0) is 6.42 Å². The highest BCUT2D eigenvalue weighted by molar-refractivity contribution is 5.94. The number of hydrogen-bond donors (Lipinski definition) is 2. The molecule has 0 bridgehead atoms. The third-order valence-electron chi connectivity index (χ3n) is 3.33. The fraction of sp³-hybridized carbons (Fsp3) is 0.533. The van der Waals surface area contributed by atoms with Crippen LogP contribution in [0.1, 0.15) is 29.8 Å². The third-order valence-corrected chi connectivity index (χ3v) is 3.33. The van der Waals surface area contributed by atoms with Gasteiger partial charge in [0.15, 0.2) is 0 Å². The van der Waals surface area contributed by atoms with Gasteiger partial charge in [0, 0.05) is 25.1 Å². The molecule has 0 spiro atoms. The first-order valence-electron chi connectivity index (χ1n) is 6.70. The lowest BCUT2D eigenvalue weighted by Crippen LogP contribution is -2.39. The van der Waals surface area contributed by atoms with Crippen molar-refractivity contribution in [1.29, 1.82) is 0 Å². The van der Waals surface area contributed by atoms with Gasteiger partial charge in [0.05, 0.1) is 6.61 Å². The second kappa shape index (κ2) is 5.61. The number of benzene rings is 1. The molecule has 1 aromatic carbocycles. The summed E-state index contributed by atoms with van der Waals surface area (Å²) in [5.74, 6) is 0.894. The Labute approximate surface area is 114 Å². The normalized spacial score (nSPS) is 13.8. The quantitative estimate of drug-likeness (QED) is 0.847.